The summed E-state index contributed by atoms with van der Waals surface area (Å²) in [5, 5.41) is 112. The third-order valence-corrected chi connectivity index (χ3v) is 15.1. The number of hydrogen-bond donors (Lipinski definition) is 14. The van der Waals surface area contributed by atoms with Crippen LogP contribution >= 0.6 is 0 Å². The third-order valence-electron chi connectivity index (χ3n) is 15.1. The Balaban J connectivity index is 1.19. The van der Waals surface area contributed by atoms with E-state index in [1.54, 1.807) is 24.3 Å². The summed E-state index contributed by atoms with van der Waals surface area (Å²) in [6, 6.07) is 8.09. The Labute approximate surface area is 445 Å². The van der Waals surface area contributed by atoms with Gasteiger partial charge in [-0.2, -0.15) is 0 Å². The lowest BCUT2D eigenvalue weighted by Gasteiger charge is -2.34. The van der Waals surface area contributed by atoms with E-state index in [-0.39, 0.29) is 17.9 Å². The predicted molar refractivity (Wildman–Crippen MR) is 276 cm³/mol. The Morgan fingerprint density at radius 3 is 1.83 bits per heavy atom. The van der Waals surface area contributed by atoms with Crippen LogP contribution in [-0.2, 0) is 28.8 Å². The molecule has 3 heterocycles. The molecule has 23 nitrogen and oxygen atoms in total. The van der Waals surface area contributed by atoms with Crippen molar-refractivity contribution in [1.82, 2.24) is 31.1 Å². The van der Waals surface area contributed by atoms with Gasteiger partial charge in [0.1, 0.15) is 66.1 Å². The fraction of sp³-hybridized carbons (Fsp3) is 0.556. The molecule has 15 atom stereocenters. The zero-order valence-corrected chi connectivity index (χ0v) is 43.2. The summed E-state index contributed by atoms with van der Waals surface area (Å²) in [7, 11) is 0. The summed E-state index contributed by atoms with van der Waals surface area (Å²) in [6.07, 6.45) is -8.71. The molecular weight excluding hydrogens is 1000 g/mol. The minimum atomic E-state index is -2.26. The molecule has 6 amide bonds. The number of aliphatic hydroxyl groups excluding tert-OH is 8. The highest BCUT2D eigenvalue weighted by atomic mass is 16.5. The van der Waals surface area contributed by atoms with Gasteiger partial charge in [-0.15, -0.1) is 0 Å². The van der Waals surface area contributed by atoms with Gasteiger partial charge in [-0.1, -0.05) is 75.4 Å². The van der Waals surface area contributed by atoms with Crippen LogP contribution in [0.2, 0.25) is 0 Å². The number of ether oxygens (including phenoxy) is 1. The topological polar surface area (TPSA) is 360 Å². The molecule has 1 saturated carbocycles. The Hall–Kier alpha value is -6.44. The van der Waals surface area contributed by atoms with Gasteiger partial charge in [-0.3, -0.25) is 28.8 Å². The summed E-state index contributed by atoms with van der Waals surface area (Å²) in [5.74, 6) is -6.62. The minimum absolute atomic E-state index is 0.0519. The second-order valence-corrected chi connectivity index (χ2v) is 21.0. The number of anilines is 1. The third kappa shape index (κ3) is 14.2. The maximum Gasteiger partial charge on any atom is 0.248 e. The second kappa shape index (κ2) is 25.8. The van der Waals surface area contributed by atoms with Crippen molar-refractivity contribution in [1.29, 1.82) is 0 Å². The summed E-state index contributed by atoms with van der Waals surface area (Å²) < 4.78 is 6.03. The number of aromatic hydroxyl groups is 1. The lowest BCUT2D eigenvalue weighted by atomic mass is 9.87. The number of phenolic OH excluding ortho intramolecular Hbond substituents is 1. The van der Waals surface area contributed by atoms with Crippen LogP contribution < -0.4 is 31.3 Å². The van der Waals surface area contributed by atoms with Crippen LogP contribution in [0.5, 0.6) is 11.5 Å². The number of amides is 6. The number of nitrogens with zero attached hydrogens (tertiary/aromatic N) is 2. The van der Waals surface area contributed by atoms with Gasteiger partial charge in [0.05, 0.1) is 31.0 Å². The van der Waals surface area contributed by atoms with Crippen LogP contribution in [-0.4, -0.2) is 190 Å². The van der Waals surface area contributed by atoms with E-state index in [9.17, 15) is 74.7 Å². The maximum absolute atomic E-state index is 14.5. The van der Waals surface area contributed by atoms with Gasteiger partial charge in [-0.25, -0.2) is 0 Å². The zero-order chi connectivity index (χ0) is 55.8. The van der Waals surface area contributed by atoms with E-state index in [2.05, 4.69) is 26.6 Å². The standard InChI is InChI=1S/C54H73N7O16/c1-27-25-61-44(45(27)67)52(74)59-50(72)40(66)24-38(55-34-15-9-31(10-16-34)32-13-19-37(20-14-32)77-22-21-30-7-5-4-6-8-30)48(70)56-41(28(2)62)53(75)60-26-36(65)23-39(60)49(71)58-43(51(73)57-42(29(3)63)54(61)76)47(69)46(68)33-11-17-35(64)18-12-33/h9-20,27-30,36,38-47,50,55,62-69,72H,4-8,21-26H2,1-3H3,(H,56,70)(H,57,73)(H,58,71)(H,59,74). The molecule has 14 N–H and O–H groups in total. The molecule has 15 unspecified atom stereocenters. The first kappa shape index (κ1) is 58.2. The van der Waals surface area contributed by atoms with Crippen molar-refractivity contribution < 1.29 is 79.5 Å². The molecule has 23 heteroatoms. The van der Waals surface area contributed by atoms with E-state index in [0.29, 0.717) is 18.2 Å². The van der Waals surface area contributed by atoms with E-state index in [1.807, 2.05) is 24.3 Å². The molecule has 0 bridgehead atoms. The molecule has 1 aliphatic carbocycles. The summed E-state index contributed by atoms with van der Waals surface area (Å²) in [4.78, 5) is 87.6. The molecule has 3 saturated heterocycles. The van der Waals surface area contributed by atoms with Crippen molar-refractivity contribution in [3.05, 3.63) is 78.4 Å². The molecule has 4 aliphatic rings. The molecule has 420 valence electrons. The smallest absolute Gasteiger partial charge is 0.248 e. The summed E-state index contributed by atoms with van der Waals surface area (Å²) in [6.45, 7) is 3.53. The highest BCUT2D eigenvalue weighted by Crippen LogP contribution is 2.30. The summed E-state index contributed by atoms with van der Waals surface area (Å²) >= 11 is 0. The van der Waals surface area contributed by atoms with Crippen molar-refractivity contribution in [3.8, 4) is 22.6 Å². The van der Waals surface area contributed by atoms with Crippen LogP contribution in [0, 0.1) is 11.8 Å². The lowest BCUT2D eigenvalue weighted by molar-refractivity contribution is -0.148. The van der Waals surface area contributed by atoms with E-state index in [4.69, 9.17) is 4.74 Å². The molecule has 4 fully saturated rings. The quantitative estimate of drug-likeness (QED) is 0.102. The molecule has 7 rings (SSSR count). The van der Waals surface area contributed by atoms with Gasteiger partial charge in [0, 0.05) is 37.5 Å². The fourth-order valence-corrected chi connectivity index (χ4v) is 10.5. The molecule has 3 aromatic carbocycles. The molecule has 0 radical (unpaired) electrons. The lowest BCUT2D eigenvalue weighted by Crippen LogP contribution is -2.64. The average Bonchev–Trinajstić information content (AvgIpc) is 3.98. The number of fused-ring (bicyclic) bond motifs is 2. The van der Waals surface area contributed by atoms with Crippen molar-refractivity contribution in [2.75, 3.05) is 25.0 Å². The van der Waals surface area contributed by atoms with E-state index >= 15 is 0 Å². The molecule has 3 aromatic rings. The monoisotopic (exact) mass is 1080 g/mol. The van der Waals surface area contributed by atoms with Gasteiger partial charge < -0.3 is 87.1 Å². The summed E-state index contributed by atoms with van der Waals surface area (Å²) in [5.41, 5.74) is 1.90. The van der Waals surface area contributed by atoms with Crippen molar-refractivity contribution in [3.63, 3.8) is 0 Å². The van der Waals surface area contributed by atoms with Crippen LogP contribution in [0.25, 0.3) is 11.1 Å². The maximum atomic E-state index is 14.5. The number of benzene rings is 3. The molecule has 0 spiro atoms. The normalized spacial score (nSPS) is 30.1. The molecule has 77 heavy (non-hydrogen) atoms. The second-order valence-electron chi connectivity index (χ2n) is 21.0. The SMILES string of the molecule is CC(O)C1NC(=O)C(Nc2ccc(-c3ccc(OCCC4CCCCC4)cc3)cc2)CC(O)C(O)NC(=O)C2C(O)C(C)CN2C(=O)C(C(C)O)NC(=O)C(C(O)C(O)c2ccc(O)cc2)NC(=O)C2CC(O)CN2C1=O. The first-order valence-corrected chi connectivity index (χ1v) is 26.3. The van der Waals surface area contributed by atoms with Gasteiger partial charge in [0.25, 0.3) is 0 Å². The highest BCUT2D eigenvalue weighted by molar-refractivity contribution is 5.98. The number of carbonyl (C=O) groups excluding carboxylic acids is 6. The van der Waals surface area contributed by atoms with Crippen molar-refractivity contribution in [2.24, 2.45) is 11.8 Å². The molecular formula is C54H73N7O16. The van der Waals surface area contributed by atoms with Crippen LogP contribution in [0.4, 0.5) is 5.69 Å². The largest absolute Gasteiger partial charge is 0.508 e. The van der Waals surface area contributed by atoms with Crippen molar-refractivity contribution >= 4 is 41.1 Å². The number of nitrogens with one attached hydrogen (secondary N) is 5. The van der Waals surface area contributed by atoms with Gasteiger partial charge in [0.2, 0.25) is 35.4 Å². The number of aliphatic hydroxyl groups is 8. The average molecular weight is 1080 g/mol. The van der Waals surface area contributed by atoms with Gasteiger partial charge in [0.15, 0.2) is 6.23 Å². The minimum Gasteiger partial charge on any atom is -0.508 e. The zero-order valence-electron chi connectivity index (χ0n) is 43.2. The number of carbonyl (C=O) groups is 6. The number of phenols is 1. The number of hydrogen-bond acceptors (Lipinski definition) is 17. The Morgan fingerprint density at radius 2 is 1.22 bits per heavy atom. The van der Waals surface area contributed by atoms with Crippen LogP contribution in [0.1, 0.15) is 83.8 Å². The van der Waals surface area contributed by atoms with E-state index in [1.165, 1.54) is 70.2 Å². The molecule has 3 aliphatic heterocycles. The van der Waals surface area contributed by atoms with Gasteiger partial charge in [-0.05, 0) is 79.3 Å². The molecule has 0 aromatic heterocycles. The Morgan fingerprint density at radius 1 is 0.649 bits per heavy atom. The van der Waals surface area contributed by atoms with Crippen molar-refractivity contribution in [2.45, 2.75) is 157 Å². The van der Waals surface area contributed by atoms with Crippen LogP contribution in [0.15, 0.2) is 72.8 Å². The van der Waals surface area contributed by atoms with E-state index in [0.717, 1.165) is 40.0 Å². The highest BCUT2D eigenvalue weighted by Gasteiger charge is 2.50. The first-order chi connectivity index (χ1) is 36.6. The van der Waals surface area contributed by atoms with Gasteiger partial charge >= 0.3 is 0 Å². The fourth-order valence-electron chi connectivity index (χ4n) is 10.5. The Kier molecular flexibility index (Phi) is 19.5. The Bertz CT molecular complexity index is 2510. The predicted octanol–water partition coefficient (Wildman–Crippen LogP) is -1.13. The van der Waals surface area contributed by atoms with E-state index < -0.39 is 146 Å². The van der Waals surface area contributed by atoms with Crippen LogP contribution in [0.3, 0.4) is 0 Å². The first-order valence-electron chi connectivity index (χ1n) is 26.3. The number of rotatable bonds is 12.